The number of pyridine rings is 1. The van der Waals surface area contributed by atoms with E-state index in [1.165, 1.54) is 5.01 Å². The van der Waals surface area contributed by atoms with E-state index in [0.29, 0.717) is 11.6 Å². The van der Waals surface area contributed by atoms with Gasteiger partial charge in [0.05, 0.1) is 23.2 Å². The van der Waals surface area contributed by atoms with Crippen molar-refractivity contribution in [1.29, 1.82) is 5.26 Å². The molecule has 2 aromatic heterocycles. The van der Waals surface area contributed by atoms with Crippen LogP contribution in [0.3, 0.4) is 0 Å². The van der Waals surface area contributed by atoms with Crippen molar-refractivity contribution >= 4 is 28.1 Å². The summed E-state index contributed by atoms with van der Waals surface area (Å²) in [6.07, 6.45) is 1.88. The van der Waals surface area contributed by atoms with Crippen LogP contribution in [-0.4, -0.2) is 41.0 Å². The monoisotopic (exact) mass is 349 g/mol. The van der Waals surface area contributed by atoms with Crippen LogP contribution >= 0.6 is 11.3 Å². The van der Waals surface area contributed by atoms with E-state index in [2.05, 4.69) is 39.9 Å². The summed E-state index contributed by atoms with van der Waals surface area (Å²) in [5, 5.41) is 13.2. The maximum atomic E-state index is 9.01. The minimum absolute atomic E-state index is 0.371. The Balaban J connectivity index is 1.47. The highest BCUT2D eigenvalue weighted by molar-refractivity contribution is 7.09. The normalized spacial score (nSPS) is 16.7. The molecule has 1 unspecified atom stereocenters. The predicted molar refractivity (Wildman–Crippen MR) is 101 cm³/mol. The Kier molecular flexibility index (Phi) is 4.35. The van der Waals surface area contributed by atoms with Gasteiger partial charge in [-0.3, -0.25) is 4.90 Å². The lowest BCUT2D eigenvalue weighted by Gasteiger charge is -2.38. The van der Waals surface area contributed by atoms with Gasteiger partial charge >= 0.3 is 0 Å². The summed E-state index contributed by atoms with van der Waals surface area (Å²) < 4.78 is 0. The van der Waals surface area contributed by atoms with Crippen LogP contribution in [0.5, 0.6) is 0 Å². The van der Waals surface area contributed by atoms with Crippen molar-refractivity contribution in [2.24, 2.45) is 0 Å². The number of benzene rings is 1. The Labute approximate surface area is 151 Å². The second-order valence-electron chi connectivity index (χ2n) is 6.26. The SMILES string of the molecule is CC(c1nccs1)N1CCN(c2ccc3cc(C#N)ccc3n2)CC1. The molecular weight excluding hydrogens is 330 g/mol. The molecule has 6 heteroatoms. The zero-order valence-electron chi connectivity index (χ0n) is 14.1. The number of fused-ring (bicyclic) bond motifs is 1. The molecule has 5 nitrogen and oxygen atoms in total. The number of nitriles is 1. The Morgan fingerprint density at radius 2 is 2.00 bits per heavy atom. The first-order chi connectivity index (χ1) is 12.2. The molecule has 1 aliphatic rings. The molecule has 3 heterocycles. The number of nitrogens with zero attached hydrogens (tertiary/aromatic N) is 5. The molecule has 0 aliphatic carbocycles. The molecule has 3 aromatic rings. The maximum Gasteiger partial charge on any atom is 0.129 e. The van der Waals surface area contributed by atoms with E-state index < -0.39 is 0 Å². The molecule has 4 rings (SSSR count). The van der Waals surface area contributed by atoms with Gasteiger partial charge in [-0.05, 0) is 37.3 Å². The Bertz CT molecular complexity index is 907. The first-order valence-corrected chi connectivity index (χ1v) is 9.32. The van der Waals surface area contributed by atoms with E-state index in [1.54, 1.807) is 11.3 Å². The minimum Gasteiger partial charge on any atom is -0.354 e. The van der Waals surface area contributed by atoms with Crippen molar-refractivity contribution < 1.29 is 0 Å². The molecule has 1 atom stereocenters. The zero-order valence-corrected chi connectivity index (χ0v) is 14.9. The van der Waals surface area contributed by atoms with E-state index in [4.69, 9.17) is 10.2 Å². The number of anilines is 1. The Morgan fingerprint density at radius 3 is 2.72 bits per heavy atom. The highest BCUT2D eigenvalue weighted by Crippen LogP contribution is 2.25. The van der Waals surface area contributed by atoms with Crippen LogP contribution < -0.4 is 4.90 Å². The summed E-state index contributed by atoms with van der Waals surface area (Å²) in [5.74, 6) is 1.01. The molecule has 1 aromatic carbocycles. The standard InChI is InChI=1S/C19H19N5S/c1-14(19-21-6-11-25-19)23-7-9-24(10-8-23)18-5-3-16-12-15(13-20)2-4-17(16)22-18/h2-6,11-12,14H,7-10H2,1H3. The molecule has 0 N–H and O–H groups in total. The molecular formula is C19H19N5S. The molecule has 0 saturated carbocycles. The van der Waals surface area contributed by atoms with E-state index in [-0.39, 0.29) is 0 Å². The van der Waals surface area contributed by atoms with Crippen LogP contribution in [0, 0.1) is 11.3 Å². The van der Waals surface area contributed by atoms with Gasteiger partial charge in [-0.15, -0.1) is 11.3 Å². The van der Waals surface area contributed by atoms with Crippen molar-refractivity contribution in [3.63, 3.8) is 0 Å². The molecule has 126 valence electrons. The second-order valence-corrected chi connectivity index (χ2v) is 7.18. The van der Waals surface area contributed by atoms with E-state index >= 15 is 0 Å². The van der Waals surface area contributed by atoms with Crippen LogP contribution in [-0.2, 0) is 0 Å². The van der Waals surface area contributed by atoms with Crippen molar-refractivity contribution in [3.05, 3.63) is 52.5 Å². The quantitative estimate of drug-likeness (QED) is 0.725. The molecule has 0 bridgehead atoms. The number of hydrogen-bond acceptors (Lipinski definition) is 6. The van der Waals surface area contributed by atoms with Gasteiger partial charge in [0.25, 0.3) is 0 Å². The van der Waals surface area contributed by atoms with Gasteiger partial charge in [0.15, 0.2) is 0 Å². The van der Waals surface area contributed by atoms with Gasteiger partial charge < -0.3 is 4.90 Å². The smallest absolute Gasteiger partial charge is 0.129 e. The predicted octanol–water partition coefficient (Wildman–Crippen LogP) is 3.45. The molecule has 25 heavy (non-hydrogen) atoms. The van der Waals surface area contributed by atoms with E-state index in [0.717, 1.165) is 42.9 Å². The van der Waals surface area contributed by atoms with Crippen LogP contribution in [0.2, 0.25) is 0 Å². The van der Waals surface area contributed by atoms with Crippen molar-refractivity contribution in [3.8, 4) is 6.07 Å². The van der Waals surface area contributed by atoms with E-state index in [1.807, 2.05) is 29.8 Å². The zero-order chi connectivity index (χ0) is 17.2. The maximum absolute atomic E-state index is 9.01. The number of aromatic nitrogens is 2. The molecule has 0 radical (unpaired) electrons. The number of thiazole rings is 1. The number of rotatable bonds is 3. The summed E-state index contributed by atoms with van der Waals surface area (Å²) in [6, 6.07) is 12.3. The fourth-order valence-electron chi connectivity index (χ4n) is 3.30. The lowest BCUT2D eigenvalue weighted by Crippen LogP contribution is -2.47. The van der Waals surface area contributed by atoms with Crippen LogP contribution in [0.15, 0.2) is 41.9 Å². The average molecular weight is 349 g/mol. The first-order valence-electron chi connectivity index (χ1n) is 8.44. The fraction of sp³-hybridized carbons (Fsp3) is 0.316. The third-order valence-electron chi connectivity index (χ3n) is 4.80. The summed E-state index contributed by atoms with van der Waals surface area (Å²) in [4.78, 5) is 14.0. The lowest BCUT2D eigenvalue weighted by atomic mass is 10.1. The molecule has 1 fully saturated rings. The highest BCUT2D eigenvalue weighted by atomic mass is 32.1. The summed E-state index contributed by atoms with van der Waals surface area (Å²) in [7, 11) is 0. The minimum atomic E-state index is 0.371. The second kappa shape index (κ2) is 6.79. The Hall–Kier alpha value is -2.49. The van der Waals surface area contributed by atoms with Crippen molar-refractivity contribution in [2.75, 3.05) is 31.1 Å². The van der Waals surface area contributed by atoms with E-state index in [9.17, 15) is 0 Å². The third-order valence-corrected chi connectivity index (χ3v) is 5.74. The van der Waals surface area contributed by atoms with Gasteiger partial charge in [-0.1, -0.05) is 0 Å². The molecule has 1 saturated heterocycles. The van der Waals surface area contributed by atoms with Gasteiger partial charge in [-0.2, -0.15) is 5.26 Å². The summed E-state index contributed by atoms with van der Waals surface area (Å²) in [6.45, 7) is 6.17. The Morgan fingerprint density at radius 1 is 1.16 bits per heavy atom. The van der Waals surface area contributed by atoms with Crippen molar-refractivity contribution in [1.82, 2.24) is 14.9 Å². The lowest BCUT2D eigenvalue weighted by molar-refractivity contribution is 0.198. The largest absolute Gasteiger partial charge is 0.354 e. The molecule has 1 aliphatic heterocycles. The van der Waals surface area contributed by atoms with Gasteiger partial charge in [0.1, 0.15) is 10.8 Å². The number of piperazine rings is 1. The summed E-state index contributed by atoms with van der Waals surface area (Å²) in [5.41, 5.74) is 1.61. The van der Waals surface area contributed by atoms with Gasteiger partial charge in [0, 0.05) is 43.1 Å². The third kappa shape index (κ3) is 3.21. The van der Waals surface area contributed by atoms with Crippen LogP contribution in [0.25, 0.3) is 10.9 Å². The van der Waals surface area contributed by atoms with Crippen molar-refractivity contribution in [2.45, 2.75) is 13.0 Å². The van der Waals surface area contributed by atoms with Gasteiger partial charge in [0.2, 0.25) is 0 Å². The molecule has 0 amide bonds. The van der Waals surface area contributed by atoms with Gasteiger partial charge in [-0.25, -0.2) is 9.97 Å². The highest BCUT2D eigenvalue weighted by Gasteiger charge is 2.24. The first kappa shape index (κ1) is 16.0. The average Bonchev–Trinajstić information content (AvgIpc) is 3.21. The van der Waals surface area contributed by atoms with Crippen LogP contribution in [0.4, 0.5) is 5.82 Å². The topological polar surface area (TPSA) is 56.1 Å². The molecule has 0 spiro atoms. The van der Waals surface area contributed by atoms with Crippen LogP contribution in [0.1, 0.15) is 23.5 Å². The number of hydrogen-bond donors (Lipinski definition) is 0. The fourth-order valence-corrected chi connectivity index (χ4v) is 4.02. The summed E-state index contributed by atoms with van der Waals surface area (Å²) >= 11 is 1.72.